The lowest BCUT2D eigenvalue weighted by Gasteiger charge is -2.07. The number of fused-ring (bicyclic) bond motifs is 1. The van der Waals surface area contributed by atoms with Gasteiger partial charge in [-0.1, -0.05) is 18.2 Å². The van der Waals surface area contributed by atoms with Gasteiger partial charge in [0, 0.05) is 0 Å². The van der Waals surface area contributed by atoms with E-state index in [0.717, 1.165) is 0 Å². The second-order valence-corrected chi connectivity index (χ2v) is 6.14. The van der Waals surface area contributed by atoms with Crippen LogP contribution in [-0.2, 0) is 0 Å². The van der Waals surface area contributed by atoms with Crippen molar-refractivity contribution in [1.82, 2.24) is 9.97 Å². The van der Waals surface area contributed by atoms with Crippen LogP contribution in [0.1, 0.15) is 10.4 Å². The van der Waals surface area contributed by atoms with E-state index in [4.69, 9.17) is 4.42 Å². The molecule has 0 atom stereocenters. The summed E-state index contributed by atoms with van der Waals surface area (Å²) < 4.78 is 6.10. The van der Waals surface area contributed by atoms with E-state index >= 15 is 0 Å². The number of phenols is 1. The van der Waals surface area contributed by atoms with E-state index in [1.807, 2.05) is 6.07 Å². The summed E-state index contributed by atoms with van der Waals surface area (Å²) in [7, 11) is 0. The number of aromatic hydroxyl groups is 1. The van der Waals surface area contributed by atoms with Crippen LogP contribution in [0.15, 0.2) is 63.7 Å². The number of nitrogens with zero attached hydrogens (tertiary/aromatic N) is 1. The molecule has 0 bridgehead atoms. The Hall–Kier alpha value is -3.06. The standard InChI is InChI=1S/C18H12BrN3O3/c19-15-9-8-14(25-15)17-20-12-6-3-4-10(16(12)22-17)18(24)21-11-5-1-2-7-13(11)23/h1-9,23H,(H,20,22)(H,21,24). The van der Waals surface area contributed by atoms with Gasteiger partial charge in [0.15, 0.2) is 16.3 Å². The molecular weight excluding hydrogens is 386 g/mol. The van der Waals surface area contributed by atoms with Gasteiger partial charge in [0.25, 0.3) is 5.91 Å². The van der Waals surface area contributed by atoms with E-state index in [0.29, 0.717) is 38.5 Å². The van der Waals surface area contributed by atoms with Gasteiger partial charge in [0.05, 0.1) is 16.8 Å². The van der Waals surface area contributed by atoms with Crippen LogP contribution in [0.5, 0.6) is 5.75 Å². The number of para-hydroxylation sites is 3. The third-order valence-corrected chi connectivity index (χ3v) is 4.14. The molecule has 7 heteroatoms. The Labute approximate surface area is 150 Å². The Morgan fingerprint density at radius 2 is 1.96 bits per heavy atom. The monoisotopic (exact) mass is 397 g/mol. The van der Waals surface area contributed by atoms with Crippen molar-refractivity contribution in [3.8, 4) is 17.3 Å². The first-order chi connectivity index (χ1) is 12.1. The molecule has 25 heavy (non-hydrogen) atoms. The number of aromatic nitrogens is 2. The summed E-state index contributed by atoms with van der Waals surface area (Å²) in [5.74, 6) is 0.746. The second kappa shape index (κ2) is 6.10. The third kappa shape index (κ3) is 2.89. The van der Waals surface area contributed by atoms with E-state index in [-0.39, 0.29) is 11.7 Å². The summed E-state index contributed by atoms with van der Waals surface area (Å²) >= 11 is 3.26. The zero-order valence-corrected chi connectivity index (χ0v) is 14.4. The van der Waals surface area contributed by atoms with E-state index in [1.165, 1.54) is 6.07 Å². The van der Waals surface area contributed by atoms with Gasteiger partial charge in [-0.2, -0.15) is 0 Å². The van der Waals surface area contributed by atoms with Crippen molar-refractivity contribution in [1.29, 1.82) is 0 Å². The van der Waals surface area contributed by atoms with Gasteiger partial charge in [-0.15, -0.1) is 0 Å². The highest BCUT2D eigenvalue weighted by atomic mass is 79.9. The summed E-state index contributed by atoms with van der Waals surface area (Å²) in [6, 6.07) is 15.4. The number of rotatable bonds is 3. The fourth-order valence-corrected chi connectivity index (χ4v) is 2.85. The number of benzene rings is 2. The van der Waals surface area contributed by atoms with Gasteiger partial charge in [-0.05, 0) is 52.3 Å². The number of H-pyrrole nitrogens is 1. The van der Waals surface area contributed by atoms with Crippen LogP contribution >= 0.6 is 15.9 Å². The van der Waals surface area contributed by atoms with Crippen LogP contribution in [-0.4, -0.2) is 21.0 Å². The first-order valence-electron chi connectivity index (χ1n) is 7.45. The number of nitrogens with one attached hydrogen (secondary N) is 2. The number of phenolic OH excluding ortho intramolecular Hbond substituents is 1. The Balaban J connectivity index is 1.73. The fourth-order valence-electron chi connectivity index (χ4n) is 2.54. The van der Waals surface area contributed by atoms with Crippen LogP contribution in [0.2, 0.25) is 0 Å². The summed E-state index contributed by atoms with van der Waals surface area (Å²) in [6.45, 7) is 0. The van der Waals surface area contributed by atoms with Crippen LogP contribution < -0.4 is 5.32 Å². The molecule has 0 aliphatic rings. The Morgan fingerprint density at radius 3 is 2.72 bits per heavy atom. The minimum absolute atomic E-state index is 0.00572. The Kier molecular flexibility index (Phi) is 3.77. The number of hydrogen-bond acceptors (Lipinski definition) is 4. The molecule has 0 unspecified atom stereocenters. The maximum atomic E-state index is 12.6. The molecule has 2 aromatic heterocycles. The number of carbonyl (C=O) groups excluding carboxylic acids is 1. The number of carbonyl (C=O) groups is 1. The fraction of sp³-hybridized carbons (Fsp3) is 0. The SMILES string of the molecule is O=C(Nc1ccccc1O)c1cccc2[nH]c(-c3ccc(Br)o3)nc12. The maximum absolute atomic E-state index is 12.6. The maximum Gasteiger partial charge on any atom is 0.258 e. The van der Waals surface area contributed by atoms with Gasteiger partial charge < -0.3 is 19.8 Å². The van der Waals surface area contributed by atoms with Crippen molar-refractivity contribution >= 4 is 38.6 Å². The first-order valence-corrected chi connectivity index (χ1v) is 8.25. The number of anilines is 1. The molecule has 0 aliphatic heterocycles. The predicted molar refractivity (Wildman–Crippen MR) is 97.6 cm³/mol. The van der Waals surface area contributed by atoms with Gasteiger partial charge in [0.2, 0.25) is 0 Å². The van der Waals surface area contributed by atoms with Gasteiger partial charge in [-0.25, -0.2) is 4.98 Å². The molecular formula is C18H12BrN3O3. The van der Waals surface area contributed by atoms with Crippen molar-refractivity contribution in [3.05, 3.63) is 64.8 Å². The number of furan rings is 1. The highest BCUT2D eigenvalue weighted by molar-refractivity contribution is 9.10. The normalized spacial score (nSPS) is 10.9. The van der Waals surface area contributed by atoms with Crippen LogP contribution in [0, 0.1) is 0 Å². The Morgan fingerprint density at radius 1 is 1.12 bits per heavy atom. The molecule has 4 aromatic rings. The van der Waals surface area contributed by atoms with Crippen molar-refractivity contribution in [2.45, 2.75) is 0 Å². The molecule has 1 amide bonds. The molecule has 2 heterocycles. The van der Waals surface area contributed by atoms with Crippen molar-refractivity contribution < 1.29 is 14.3 Å². The van der Waals surface area contributed by atoms with Crippen LogP contribution in [0.3, 0.4) is 0 Å². The van der Waals surface area contributed by atoms with Crippen LogP contribution in [0.25, 0.3) is 22.6 Å². The topological polar surface area (TPSA) is 91.2 Å². The van der Waals surface area contributed by atoms with E-state index in [1.54, 1.807) is 42.5 Å². The molecule has 0 radical (unpaired) electrons. The molecule has 0 fully saturated rings. The lowest BCUT2D eigenvalue weighted by Crippen LogP contribution is -2.12. The molecule has 0 spiro atoms. The van der Waals surface area contributed by atoms with Crippen molar-refractivity contribution in [2.24, 2.45) is 0 Å². The number of amides is 1. The average Bonchev–Trinajstić information content (AvgIpc) is 3.22. The third-order valence-electron chi connectivity index (χ3n) is 3.72. The van der Waals surface area contributed by atoms with E-state index in [9.17, 15) is 9.90 Å². The summed E-state index contributed by atoms with van der Waals surface area (Å²) in [5.41, 5.74) is 1.98. The highest BCUT2D eigenvalue weighted by Gasteiger charge is 2.16. The highest BCUT2D eigenvalue weighted by Crippen LogP contribution is 2.27. The minimum Gasteiger partial charge on any atom is -0.506 e. The number of hydrogen-bond donors (Lipinski definition) is 3. The molecule has 0 saturated heterocycles. The van der Waals surface area contributed by atoms with Gasteiger partial charge >= 0.3 is 0 Å². The lowest BCUT2D eigenvalue weighted by atomic mass is 10.1. The average molecular weight is 398 g/mol. The second-order valence-electron chi connectivity index (χ2n) is 5.36. The van der Waals surface area contributed by atoms with E-state index < -0.39 is 0 Å². The zero-order chi connectivity index (χ0) is 17.4. The lowest BCUT2D eigenvalue weighted by molar-refractivity contribution is 0.102. The van der Waals surface area contributed by atoms with Crippen LogP contribution in [0.4, 0.5) is 5.69 Å². The smallest absolute Gasteiger partial charge is 0.258 e. The molecule has 0 saturated carbocycles. The molecule has 3 N–H and O–H groups in total. The summed E-state index contributed by atoms with van der Waals surface area (Å²) in [6.07, 6.45) is 0. The predicted octanol–water partition coefficient (Wildman–Crippen LogP) is 4.54. The number of imidazole rings is 1. The summed E-state index contributed by atoms with van der Waals surface area (Å²) in [4.78, 5) is 20.3. The first kappa shape index (κ1) is 15.5. The minimum atomic E-state index is -0.356. The van der Waals surface area contributed by atoms with Crippen molar-refractivity contribution in [3.63, 3.8) is 0 Å². The van der Waals surface area contributed by atoms with E-state index in [2.05, 4.69) is 31.2 Å². The van der Waals surface area contributed by atoms with Gasteiger partial charge in [-0.3, -0.25) is 4.79 Å². The van der Waals surface area contributed by atoms with Gasteiger partial charge in [0.1, 0.15) is 11.3 Å². The summed E-state index contributed by atoms with van der Waals surface area (Å²) in [5, 5.41) is 12.5. The largest absolute Gasteiger partial charge is 0.506 e. The molecule has 4 rings (SSSR count). The molecule has 0 aliphatic carbocycles. The number of aromatic amines is 1. The molecule has 6 nitrogen and oxygen atoms in total. The zero-order valence-electron chi connectivity index (χ0n) is 12.8. The Bertz CT molecular complexity index is 1080. The number of halogens is 1. The molecule has 124 valence electrons. The quantitative estimate of drug-likeness (QED) is 0.442. The van der Waals surface area contributed by atoms with Crippen molar-refractivity contribution in [2.75, 3.05) is 5.32 Å². The molecule has 2 aromatic carbocycles.